The molecule has 0 saturated heterocycles. The number of carbonyl (C=O) groups excluding carboxylic acids is 3. The smallest absolute Gasteiger partial charge is 0.256 e. The third-order valence-electron chi connectivity index (χ3n) is 23.6. The Morgan fingerprint density at radius 2 is 0.669 bits per heavy atom. The van der Waals surface area contributed by atoms with Crippen LogP contribution in [0.1, 0.15) is 156 Å². The first kappa shape index (κ1) is 79.4. The number of halogens is 6. The first-order valence-corrected chi connectivity index (χ1v) is 42.3. The summed E-state index contributed by atoms with van der Waals surface area (Å²) in [5.41, 5.74) is 27.9. The van der Waals surface area contributed by atoms with Crippen LogP contribution in [0.5, 0.6) is 0 Å². The van der Waals surface area contributed by atoms with Crippen molar-refractivity contribution in [2.75, 3.05) is 26.2 Å². The maximum Gasteiger partial charge on any atom is 0.256 e. The topological polar surface area (TPSA) is 127 Å². The van der Waals surface area contributed by atoms with Crippen molar-refractivity contribution in [3.8, 4) is 0 Å². The summed E-state index contributed by atoms with van der Waals surface area (Å²) >= 11 is 37.2. The molecule has 16 aromatic rings. The summed E-state index contributed by atoms with van der Waals surface area (Å²) in [5, 5.41) is 8.14. The Hall–Kier alpha value is -11.1. The standard InChI is InChI=1S/C26H24N2O.2C25H20Cl2N2O.C25H22Cl2N2/c1-17-11-13-19(14-12-17)25-24-22(21-9-5-6-10-23(21)27-24)15-16-28(25)26(29)20-8-4-3-7-18(20)2;1-15-6-8-16(9-7-15)24-23-19(18-4-2-3-5-22(18)28-23)12-13-29(24)25(30)20-11-10-17(26)14-21(20)27;1-15-6-8-16(9-7-15)24-23-19(18-4-2-3-5-22(18)28-23)12-13-29(24)25(30)17-10-11-20(26)21(27)14-17;1-16-6-8-18(9-7-16)25-24-22(21-4-2-3-5-23(21)28-24)10-11-29(25)15-17-12-19(26)14-20(27)13-17/h3-14,25,27H,15-16H2,1-2H3;2*2-11,14,24,28H,12-13H2,1H3;2-9,12-14,25,28H,10-11,15H2,1H3. The number of H-pyrrole nitrogens is 4. The number of fused-ring (bicyclic) bond motifs is 12. The van der Waals surface area contributed by atoms with E-state index >= 15 is 0 Å². The van der Waals surface area contributed by atoms with Gasteiger partial charge in [-0.3, -0.25) is 19.3 Å². The molecule has 4 atom stereocenters. The Kier molecular flexibility index (Phi) is 22.9. The summed E-state index contributed by atoms with van der Waals surface area (Å²) in [6.07, 6.45) is 3.47. The molecule has 3 amide bonds. The molecule has 0 spiro atoms. The molecule has 118 heavy (non-hydrogen) atoms. The molecule has 12 aromatic carbocycles. The Labute approximate surface area is 717 Å². The zero-order valence-electron chi connectivity index (χ0n) is 65.9. The van der Waals surface area contributed by atoms with E-state index < -0.39 is 0 Å². The van der Waals surface area contributed by atoms with Gasteiger partial charge in [0.05, 0.1) is 44.8 Å². The quantitative estimate of drug-likeness (QED) is 0.115. The average molecular weight is 1670 g/mol. The molecule has 4 aliphatic heterocycles. The minimum atomic E-state index is -0.207. The Morgan fingerprint density at radius 1 is 0.314 bits per heavy atom. The minimum Gasteiger partial charge on any atom is -0.357 e. The molecule has 20 rings (SSSR count). The van der Waals surface area contributed by atoms with Gasteiger partial charge in [0.25, 0.3) is 17.7 Å². The maximum atomic E-state index is 13.6. The van der Waals surface area contributed by atoms with Gasteiger partial charge in [-0.05, 0) is 201 Å². The number of hydrogen-bond acceptors (Lipinski definition) is 4. The second kappa shape index (κ2) is 34.1. The number of para-hydroxylation sites is 4. The molecule has 590 valence electrons. The van der Waals surface area contributed by atoms with Gasteiger partial charge in [-0.1, -0.05) is 280 Å². The van der Waals surface area contributed by atoms with Crippen molar-refractivity contribution in [2.24, 2.45) is 0 Å². The highest BCUT2D eigenvalue weighted by molar-refractivity contribution is 6.42. The van der Waals surface area contributed by atoms with Crippen LogP contribution in [0.2, 0.25) is 30.1 Å². The van der Waals surface area contributed by atoms with Crippen LogP contribution in [-0.2, 0) is 32.2 Å². The van der Waals surface area contributed by atoms with Gasteiger partial charge in [-0.15, -0.1) is 0 Å². The Balaban J connectivity index is 0.000000113. The van der Waals surface area contributed by atoms with E-state index in [-0.39, 0.29) is 41.9 Å². The average Bonchev–Trinajstić information content (AvgIpc) is 1.88. The number of nitrogens with one attached hydrogen (secondary N) is 4. The van der Waals surface area contributed by atoms with E-state index in [1.54, 1.807) is 42.5 Å². The van der Waals surface area contributed by atoms with Gasteiger partial charge in [-0.2, -0.15) is 0 Å². The van der Waals surface area contributed by atoms with E-state index in [1.807, 2.05) is 70.2 Å². The monoisotopic (exact) mass is 1670 g/mol. The van der Waals surface area contributed by atoms with E-state index in [0.29, 0.717) is 60.9 Å². The van der Waals surface area contributed by atoms with Crippen molar-refractivity contribution in [3.63, 3.8) is 0 Å². The van der Waals surface area contributed by atoms with E-state index in [9.17, 15) is 14.4 Å². The van der Waals surface area contributed by atoms with E-state index in [0.717, 1.165) is 106 Å². The number of nitrogens with zero attached hydrogens (tertiary/aromatic N) is 4. The summed E-state index contributed by atoms with van der Waals surface area (Å²) in [6, 6.07) is 91.4. The van der Waals surface area contributed by atoms with Gasteiger partial charge in [0, 0.05) is 125 Å². The van der Waals surface area contributed by atoms with Crippen LogP contribution in [0, 0.1) is 34.6 Å². The molecule has 4 N–H and O–H groups in total. The van der Waals surface area contributed by atoms with Gasteiger partial charge in [-0.25, -0.2) is 0 Å². The summed E-state index contributed by atoms with van der Waals surface area (Å²) in [7, 11) is 0. The number of aryl methyl sites for hydroxylation is 5. The lowest BCUT2D eigenvalue weighted by Gasteiger charge is -2.36. The Morgan fingerprint density at radius 3 is 1.07 bits per heavy atom. The van der Waals surface area contributed by atoms with Crippen molar-refractivity contribution in [3.05, 3.63) is 420 Å². The fourth-order valence-electron chi connectivity index (χ4n) is 17.8. The molecule has 0 bridgehead atoms. The normalized spacial score (nSPS) is 16.2. The predicted molar refractivity (Wildman–Crippen MR) is 484 cm³/mol. The second-order valence-corrected chi connectivity index (χ2v) is 33.8. The van der Waals surface area contributed by atoms with Crippen LogP contribution in [0.25, 0.3) is 43.6 Å². The molecular weight excluding hydrogens is 1590 g/mol. The van der Waals surface area contributed by atoms with Gasteiger partial charge in [0.15, 0.2) is 0 Å². The molecule has 0 fully saturated rings. The fourth-order valence-corrected chi connectivity index (χ4v) is 19.1. The first-order chi connectivity index (χ1) is 57.3. The number of aromatic amines is 4. The summed E-state index contributed by atoms with van der Waals surface area (Å²) in [6.45, 7) is 14.1. The van der Waals surface area contributed by atoms with Crippen LogP contribution in [0.4, 0.5) is 0 Å². The van der Waals surface area contributed by atoms with Crippen molar-refractivity contribution in [2.45, 2.75) is 91.0 Å². The molecule has 4 aromatic heterocycles. The lowest BCUT2D eigenvalue weighted by atomic mass is 9.91. The summed E-state index contributed by atoms with van der Waals surface area (Å²) < 4.78 is 0. The van der Waals surface area contributed by atoms with Crippen LogP contribution >= 0.6 is 69.6 Å². The van der Waals surface area contributed by atoms with Crippen molar-refractivity contribution in [1.82, 2.24) is 39.5 Å². The van der Waals surface area contributed by atoms with Crippen LogP contribution in [-0.4, -0.2) is 83.4 Å². The number of benzene rings is 12. The van der Waals surface area contributed by atoms with Crippen molar-refractivity contribution < 1.29 is 14.4 Å². The van der Waals surface area contributed by atoms with Crippen LogP contribution < -0.4 is 0 Å². The highest BCUT2D eigenvalue weighted by atomic mass is 35.5. The number of amides is 3. The maximum absolute atomic E-state index is 13.6. The molecule has 4 unspecified atom stereocenters. The highest BCUT2D eigenvalue weighted by Gasteiger charge is 2.40. The van der Waals surface area contributed by atoms with Gasteiger partial charge in [0.2, 0.25) is 0 Å². The Bertz CT molecular complexity index is 6440. The van der Waals surface area contributed by atoms with E-state index in [2.05, 4.69) is 235 Å². The zero-order chi connectivity index (χ0) is 81.6. The summed E-state index contributed by atoms with van der Waals surface area (Å²) in [5.74, 6) is -0.0482. The number of carbonyl (C=O) groups is 3. The number of hydrogen-bond donors (Lipinski definition) is 4. The first-order valence-electron chi connectivity index (χ1n) is 40.0. The van der Waals surface area contributed by atoms with Crippen LogP contribution in [0.15, 0.2) is 273 Å². The highest BCUT2D eigenvalue weighted by Crippen LogP contribution is 2.45. The predicted octanol–water partition coefficient (Wildman–Crippen LogP) is 25.6. The minimum absolute atomic E-state index is 0.0524. The van der Waals surface area contributed by atoms with Gasteiger partial charge < -0.3 is 34.6 Å². The molecular formula is C101H86Cl6N8O3. The van der Waals surface area contributed by atoms with Gasteiger partial charge >= 0.3 is 0 Å². The van der Waals surface area contributed by atoms with Gasteiger partial charge in [0.1, 0.15) is 0 Å². The van der Waals surface area contributed by atoms with E-state index in [4.69, 9.17) is 69.6 Å². The van der Waals surface area contributed by atoms with Crippen molar-refractivity contribution in [1.29, 1.82) is 0 Å². The molecule has 0 saturated carbocycles. The number of aromatic nitrogens is 4. The molecule has 0 aliphatic carbocycles. The lowest BCUT2D eigenvalue weighted by Crippen LogP contribution is -2.40. The molecule has 11 nitrogen and oxygen atoms in total. The molecule has 4 aliphatic rings. The molecule has 8 heterocycles. The molecule has 17 heteroatoms. The zero-order valence-corrected chi connectivity index (χ0v) is 70.5. The molecule has 0 radical (unpaired) electrons. The largest absolute Gasteiger partial charge is 0.357 e. The van der Waals surface area contributed by atoms with Crippen molar-refractivity contribution >= 4 is 131 Å². The lowest BCUT2D eigenvalue weighted by molar-refractivity contribution is 0.0684. The van der Waals surface area contributed by atoms with Crippen LogP contribution in [0.3, 0.4) is 0 Å². The second-order valence-electron chi connectivity index (χ2n) is 31.3. The van der Waals surface area contributed by atoms with E-state index in [1.165, 1.54) is 82.8 Å². The summed E-state index contributed by atoms with van der Waals surface area (Å²) in [4.78, 5) is 63.7. The third-order valence-corrected chi connectivity index (χ3v) is 25.3. The number of rotatable bonds is 9. The SMILES string of the molecule is Cc1ccc(C2c3[nH]c4ccccc4c3CCN2C(=O)c2ccc(Cl)c(Cl)c2)cc1.Cc1ccc(C2c3[nH]c4ccccc4c3CCN2C(=O)c2ccc(Cl)cc2Cl)cc1.Cc1ccc(C2c3[nH]c4ccccc4c3CCN2C(=O)c2ccccc2C)cc1.Cc1ccc(C2c3[nH]c4ccccc4c3CCN2Cc2cc(Cl)cc(Cl)c2)cc1. The third kappa shape index (κ3) is 16.0. The fraction of sp³-hybridized carbons (Fsp3) is 0.178.